The maximum atomic E-state index is 12.4. The smallest absolute Gasteiger partial charge is 0.254 e. The third-order valence-corrected chi connectivity index (χ3v) is 5.85. The Balaban J connectivity index is 1.27. The molecule has 1 aromatic carbocycles. The molecule has 5 nitrogen and oxygen atoms in total. The molecule has 2 aliphatic heterocycles. The third-order valence-electron chi connectivity index (χ3n) is 5.85. The number of hydrogen-bond donors (Lipinski definition) is 0. The number of ether oxygens (including phenoxy) is 2. The Hall–Kier alpha value is -1.59. The van der Waals surface area contributed by atoms with Gasteiger partial charge in [-0.3, -0.25) is 9.69 Å². The molecule has 2 heterocycles. The second-order valence-corrected chi connectivity index (χ2v) is 7.52. The first-order valence-electron chi connectivity index (χ1n) is 9.60. The highest BCUT2D eigenvalue weighted by atomic mass is 16.5. The SMILES string of the molecule is C[C@@H]1CCCN1[C@H]1C[C@H](Oc2ccc(C(=O)N3CCOCC3)cc2)C1. The molecule has 3 aliphatic rings. The van der Waals surface area contributed by atoms with Crippen molar-refractivity contribution < 1.29 is 14.3 Å². The molecule has 0 unspecified atom stereocenters. The average molecular weight is 344 g/mol. The van der Waals surface area contributed by atoms with Gasteiger partial charge in [0.1, 0.15) is 11.9 Å². The zero-order valence-corrected chi connectivity index (χ0v) is 15.0. The van der Waals surface area contributed by atoms with Crippen LogP contribution in [0.2, 0.25) is 0 Å². The lowest BCUT2D eigenvalue weighted by atomic mass is 9.87. The normalized spacial score (nSPS) is 30.1. The van der Waals surface area contributed by atoms with Crippen molar-refractivity contribution in [2.75, 3.05) is 32.8 Å². The van der Waals surface area contributed by atoms with Crippen molar-refractivity contribution in [2.24, 2.45) is 0 Å². The fourth-order valence-electron chi connectivity index (χ4n) is 4.22. The molecule has 25 heavy (non-hydrogen) atoms. The number of morpholine rings is 1. The molecule has 0 spiro atoms. The van der Waals surface area contributed by atoms with Crippen molar-refractivity contribution in [3.05, 3.63) is 29.8 Å². The van der Waals surface area contributed by atoms with E-state index in [9.17, 15) is 4.79 Å². The minimum atomic E-state index is 0.0848. The molecular weight excluding hydrogens is 316 g/mol. The Bertz CT molecular complexity index is 591. The Morgan fingerprint density at radius 1 is 1.12 bits per heavy atom. The second-order valence-electron chi connectivity index (χ2n) is 7.52. The van der Waals surface area contributed by atoms with E-state index in [4.69, 9.17) is 9.47 Å². The molecule has 5 heteroatoms. The summed E-state index contributed by atoms with van der Waals surface area (Å²) < 4.78 is 11.4. The van der Waals surface area contributed by atoms with E-state index in [2.05, 4.69) is 11.8 Å². The molecule has 136 valence electrons. The highest BCUT2D eigenvalue weighted by molar-refractivity contribution is 5.94. The van der Waals surface area contributed by atoms with Gasteiger partial charge in [-0.15, -0.1) is 0 Å². The lowest BCUT2D eigenvalue weighted by molar-refractivity contribution is 0.0141. The van der Waals surface area contributed by atoms with Gasteiger partial charge in [-0.2, -0.15) is 0 Å². The highest BCUT2D eigenvalue weighted by Gasteiger charge is 2.38. The first-order valence-corrected chi connectivity index (χ1v) is 9.60. The van der Waals surface area contributed by atoms with Crippen LogP contribution in [-0.4, -0.2) is 66.7 Å². The second kappa shape index (κ2) is 7.34. The van der Waals surface area contributed by atoms with E-state index in [0.29, 0.717) is 38.4 Å². The summed E-state index contributed by atoms with van der Waals surface area (Å²) in [5, 5.41) is 0. The Kier molecular flexibility index (Phi) is 4.95. The fraction of sp³-hybridized carbons (Fsp3) is 0.650. The maximum absolute atomic E-state index is 12.4. The van der Waals surface area contributed by atoms with Crippen molar-refractivity contribution >= 4 is 5.91 Å². The van der Waals surface area contributed by atoms with Gasteiger partial charge in [-0.1, -0.05) is 0 Å². The zero-order valence-electron chi connectivity index (χ0n) is 15.0. The largest absolute Gasteiger partial charge is 0.490 e. The number of carbonyl (C=O) groups excluding carboxylic acids is 1. The average Bonchev–Trinajstić information content (AvgIpc) is 3.04. The summed E-state index contributed by atoms with van der Waals surface area (Å²) in [6.07, 6.45) is 5.23. The molecule has 0 N–H and O–H groups in total. The van der Waals surface area contributed by atoms with E-state index >= 15 is 0 Å². The van der Waals surface area contributed by atoms with Crippen molar-refractivity contribution in [1.82, 2.24) is 9.80 Å². The maximum Gasteiger partial charge on any atom is 0.254 e. The lowest BCUT2D eigenvalue weighted by Crippen LogP contribution is -2.50. The number of benzene rings is 1. The Morgan fingerprint density at radius 3 is 2.48 bits per heavy atom. The van der Waals surface area contributed by atoms with Crippen molar-refractivity contribution in [3.63, 3.8) is 0 Å². The van der Waals surface area contributed by atoms with E-state index in [1.54, 1.807) is 0 Å². The Labute approximate surface area is 149 Å². The summed E-state index contributed by atoms with van der Waals surface area (Å²) in [4.78, 5) is 16.9. The van der Waals surface area contributed by atoms with Crippen LogP contribution in [0, 0.1) is 0 Å². The van der Waals surface area contributed by atoms with Crippen LogP contribution in [0.15, 0.2) is 24.3 Å². The molecule has 1 amide bonds. The van der Waals surface area contributed by atoms with Crippen LogP contribution in [0.25, 0.3) is 0 Å². The number of nitrogens with zero attached hydrogens (tertiary/aromatic N) is 2. The molecule has 3 fully saturated rings. The van der Waals surface area contributed by atoms with Gasteiger partial charge in [0, 0.05) is 43.6 Å². The molecule has 0 aromatic heterocycles. The van der Waals surface area contributed by atoms with Gasteiger partial charge >= 0.3 is 0 Å². The fourth-order valence-corrected chi connectivity index (χ4v) is 4.22. The monoisotopic (exact) mass is 344 g/mol. The van der Waals surface area contributed by atoms with Gasteiger partial charge in [0.25, 0.3) is 5.91 Å². The topological polar surface area (TPSA) is 42.0 Å². The molecule has 2 saturated heterocycles. The summed E-state index contributed by atoms with van der Waals surface area (Å²) in [6.45, 7) is 6.20. The Morgan fingerprint density at radius 2 is 1.84 bits per heavy atom. The highest BCUT2D eigenvalue weighted by Crippen LogP contribution is 2.34. The van der Waals surface area contributed by atoms with Crippen LogP contribution in [-0.2, 0) is 4.74 Å². The van der Waals surface area contributed by atoms with Crippen LogP contribution >= 0.6 is 0 Å². The molecule has 1 aromatic rings. The molecule has 1 saturated carbocycles. The van der Waals surface area contributed by atoms with Crippen LogP contribution in [0.5, 0.6) is 5.75 Å². The number of amides is 1. The van der Waals surface area contributed by atoms with E-state index in [0.717, 1.165) is 30.2 Å². The van der Waals surface area contributed by atoms with Crippen LogP contribution < -0.4 is 4.74 Å². The summed E-state index contributed by atoms with van der Waals surface area (Å²) in [6, 6.07) is 9.05. The van der Waals surface area contributed by atoms with Gasteiger partial charge in [0.05, 0.1) is 13.2 Å². The molecule has 0 bridgehead atoms. The predicted molar refractivity (Wildman–Crippen MR) is 96.0 cm³/mol. The van der Waals surface area contributed by atoms with Gasteiger partial charge in [-0.25, -0.2) is 0 Å². The number of rotatable bonds is 4. The van der Waals surface area contributed by atoms with Crippen molar-refractivity contribution in [3.8, 4) is 5.75 Å². The summed E-state index contributed by atoms with van der Waals surface area (Å²) in [5.41, 5.74) is 0.728. The quantitative estimate of drug-likeness (QED) is 0.842. The molecule has 1 aliphatic carbocycles. The minimum absolute atomic E-state index is 0.0848. The number of hydrogen-bond acceptors (Lipinski definition) is 4. The number of likely N-dealkylation sites (tertiary alicyclic amines) is 1. The first kappa shape index (κ1) is 16.9. The molecule has 4 rings (SSSR count). The summed E-state index contributed by atoms with van der Waals surface area (Å²) >= 11 is 0. The van der Waals surface area contributed by atoms with Crippen LogP contribution in [0.3, 0.4) is 0 Å². The van der Waals surface area contributed by atoms with Crippen molar-refractivity contribution in [1.29, 1.82) is 0 Å². The van der Waals surface area contributed by atoms with Crippen LogP contribution in [0.1, 0.15) is 43.0 Å². The van der Waals surface area contributed by atoms with Gasteiger partial charge in [0.2, 0.25) is 0 Å². The third kappa shape index (κ3) is 3.67. The minimum Gasteiger partial charge on any atom is -0.490 e. The van der Waals surface area contributed by atoms with Crippen LogP contribution in [0.4, 0.5) is 0 Å². The van der Waals surface area contributed by atoms with Crippen molar-refractivity contribution in [2.45, 2.75) is 50.8 Å². The van der Waals surface area contributed by atoms with E-state index in [1.165, 1.54) is 19.4 Å². The van der Waals surface area contributed by atoms with Gasteiger partial charge < -0.3 is 14.4 Å². The first-order chi connectivity index (χ1) is 12.2. The summed E-state index contributed by atoms with van der Waals surface area (Å²) in [5.74, 6) is 0.957. The molecule has 1 atom stereocenters. The van der Waals surface area contributed by atoms with E-state index < -0.39 is 0 Å². The molecule has 0 radical (unpaired) electrons. The molecular formula is C20H28N2O3. The predicted octanol–water partition coefficient (Wildman–Crippen LogP) is 2.55. The number of carbonyl (C=O) groups is 1. The van der Waals surface area contributed by atoms with E-state index in [-0.39, 0.29) is 5.91 Å². The van der Waals surface area contributed by atoms with Gasteiger partial charge in [0.15, 0.2) is 0 Å². The summed E-state index contributed by atoms with van der Waals surface area (Å²) in [7, 11) is 0. The zero-order chi connectivity index (χ0) is 17.2. The standard InChI is InChI=1S/C20H28N2O3/c1-15-3-2-8-22(15)17-13-19(14-17)25-18-6-4-16(5-7-18)20(23)21-9-11-24-12-10-21/h4-7,15,17,19H,2-3,8-14H2,1H3/t15-,17-,19-/m1/s1. The van der Waals surface area contributed by atoms with Gasteiger partial charge in [-0.05, 0) is 50.6 Å². The lowest BCUT2D eigenvalue weighted by Gasteiger charge is -2.42. The van der Waals surface area contributed by atoms with E-state index in [1.807, 2.05) is 29.2 Å².